The van der Waals surface area contributed by atoms with E-state index in [0.717, 1.165) is 0 Å². The predicted octanol–water partition coefficient (Wildman–Crippen LogP) is -0.744. The molecule has 1 fully saturated rings. The average molecular weight is 445 g/mol. The lowest BCUT2D eigenvalue weighted by molar-refractivity contribution is -0.139. The maximum absolute atomic E-state index is 12.4. The van der Waals surface area contributed by atoms with E-state index < -0.39 is 18.8 Å². The van der Waals surface area contributed by atoms with Crippen LogP contribution < -0.4 is 9.39 Å². The lowest BCUT2D eigenvalue weighted by atomic mass is 9.70. The number of carbonyl (C=O) groups is 3. The predicted molar refractivity (Wildman–Crippen MR) is 108 cm³/mol. The number of carbonyl (C=O) groups excluding carboxylic acids is 2. The van der Waals surface area contributed by atoms with Crippen molar-refractivity contribution in [2.45, 2.75) is 38.7 Å². The van der Waals surface area contributed by atoms with Crippen molar-refractivity contribution in [3.63, 3.8) is 0 Å². The second-order valence-electron chi connectivity index (χ2n) is 8.07. The number of Topliss-reactive ketones (excluding diaryl/α,β-unsaturated/α-hetero) is 1. The third-order valence-corrected chi connectivity index (χ3v) is 5.31. The maximum Gasteiger partial charge on any atom is 0.430 e. The van der Waals surface area contributed by atoms with Crippen molar-refractivity contribution >= 4 is 24.4 Å². The van der Waals surface area contributed by atoms with E-state index in [4.69, 9.17) is 9.39 Å². The molecule has 0 radical (unpaired) electrons. The Morgan fingerprint density at radius 2 is 2.03 bits per heavy atom. The summed E-state index contributed by atoms with van der Waals surface area (Å²) in [6.45, 7) is -1.09. The highest BCUT2D eigenvalue weighted by atomic mass is 16.6. The van der Waals surface area contributed by atoms with Crippen LogP contribution in [0.2, 0.25) is 6.32 Å². The van der Waals surface area contributed by atoms with E-state index in [1.165, 1.54) is 17.7 Å². The van der Waals surface area contributed by atoms with E-state index in [9.17, 15) is 29.5 Å². The van der Waals surface area contributed by atoms with Gasteiger partial charge in [-0.15, -0.1) is 5.10 Å². The van der Waals surface area contributed by atoms with E-state index in [1.807, 2.05) is 0 Å². The SMILES string of the molecule is CC(=O)Cn1cc(CC(=O)N2CC(Oc3ccc4c(c3C(=O)O)O[B-](O)(O)CC4)C2)nn1. The van der Waals surface area contributed by atoms with Crippen LogP contribution in [-0.4, -0.2) is 78.7 Å². The lowest BCUT2D eigenvalue weighted by Crippen LogP contribution is -2.56. The largest absolute Gasteiger partial charge is 0.669 e. The highest BCUT2D eigenvalue weighted by molar-refractivity contribution is 6.59. The molecule has 0 atom stereocenters. The number of fused-ring (bicyclic) bond motifs is 1. The van der Waals surface area contributed by atoms with E-state index in [2.05, 4.69) is 10.3 Å². The van der Waals surface area contributed by atoms with Gasteiger partial charge in [0.05, 0.1) is 31.0 Å². The molecule has 2 aliphatic heterocycles. The van der Waals surface area contributed by atoms with Crippen LogP contribution in [-0.2, 0) is 29.0 Å². The molecule has 170 valence electrons. The highest BCUT2D eigenvalue weighted by Crippen LogP contribution is 2.38. The third-order valence-electron chi connectivity index (χ3n) is 5.31. The molecule has 1 aromatic heterocycles. The molecule has 1 amide bonds. The van der Waals surface area contributed by atoms with Gasteiger partial charge < -0.3 is 29.4 Å². The number of nitrogens with zero attached hydrogens (tertiary/aromatic N) is 4. The first kappa shape index (κ1) is 21.8. The van der Waals surface area contributed by atoms with Crippen LogP contribution in [0, 0.1) is 0 Å². The molecule has 12 nitrogen and oxygen atoms in total. The molecule has 0 unspecified atom stereocenters. The van der Waals surface area contributed by atoms with Gasteiger partial charge in [0.25, 0.3) is 0 Å². The number of hydrogen-bond donors (Lipinski definition) is 3. The first-order chi connectivity index (χ1) is 15.1. The minimum Gasteiger partial charge on any atom is -0.669 e. The van der Waals surface area contributed by atoms with Crippen LogP contribution in [0.25, 0.3) is 0 Å². The minimum atomic E-state index is -3.12. The lowest BCUT2D eigenvalue weighted by Gasteiger charge is -2.40. The molecule has 2 aliphatic rings. The van der Waals surface area contributed by atoms with E-state index in [0.29, 0.717) is 11.3 Å². The summed E-state index contributed by atoms with van der Waals surface area (Å²) in [6, 6.07) is 3.15. The van der Waals surface area contributed by atoms with Crippen LogP contribution in [0.15, 0.2) is 18.3 Å². The first-order valence-electron chi connectivity index (χ1n) is 10.1. The topological polar surface area (TPSA) is 164 Å². The normalized spacial score (nSPS) is 17.2. The fourth-order valence-corrected chi connectivity index (χ4v) is 3.72. The number of ketones is 1. The number of aromatic nitrogens is 3. The number of rotatable bonds is 7. The smallest absolute Gasteiger partial charge is 0.430 e. The molecule has 32 heavy (non-hydrogen) atoms. The van der Waals surface area contributed by atoms with Gasteiger partial charge in [-0.3, -0.25) is 9.59 Å². The van der Waals surface area contributed by atoms with Crippen LogP contribution in [0.4, 0.5) is 0 Å². The number of carboxylic acid groups (broad SMARTS) is 1. The van der Waals surface area contributed by atoms with Gasteiger partial charge in [-0.25, -0.2) is 9.48 Å². The number of carboxylic acids is 1. The molecular weight excluding hydrogens is 423 g/mol. The zero-order valence-electron chi connectivity index (χ0n) is 17.3. The molecular formula is C19H22BN4O8-. The van der Waals surface area contributed by atoms with Crippen LogP contribution in [0.1, 0.15) is 28.5 Å². The Bertz CT molecular complexity index is 1080. The van der Waals surface area contributed by atoms with Gasteiger partial charge in [0, 0.05) is 6.20 Å². The Hall–Kier alpha value is -3.45. The number of hydrogen-bond acceptors (Lipinski definition) is 9. The molecule has 1 aromatic carbocycles. The molecule has 3 heterocycles. The third kappa shape index (κ3) is 4.58. The van der Waals surface area contributed by atoms with Crippen molar-refractivity contribution in [3.8, 4) is 11.5 Å². The number of amides is 1. The van der Waals surface area contributed by atoms with Crippen molar-refractivity contribution in [1.82, 2.24) is 19.9 Å². The monoisotopic (exact) mass is 445 g/mol. The van der Waals surface area contributed by atoms with Gasteiger partial charge in [0.1, 0.15) is 24.0 Å². The fourth-order valence-electron chi connectivity index (χ4n) is 3.72. The van der Waals surface area contributed by atoms with Gasteiger partial charge in [-0.2, -0.15) is 0 Å². The molecule has 4 rings (SSSR count). The van der Waals surface area contributed by atoms with Crippen LogP contribution in [0.5, 0.6) is 11.5 Å². The standard InChI is InChI=1S/C19H22BN4O8/c1-11(25)7-24-8-13(21-22-24)6-16(26)23-9-14(10-23)31-15-3-2-12-4-5-20(29,30)32-18(12)17(15)19(27)28/h2-3,8,14,29-30H,4-7,9-10H2,1H3,(H,27,28)/q-1. The van der Waals surface area contributed by atoms with Crippen molar-refractivity contribution < 1.29 is 38.9 Å². The number of ether oxygens (including phenoxy) is 1. The van der Waals surface area contributed by atoms with Crippen molar-refractivity contribution in [1.29, 1.82) is 0 Å². The number of benzene rings is 1. The summed E-state index contributed by atoms with van der Waals surface area (Å²) in [5.41, 5.74) is 0.723. The molecule has 13 heteroatoms. The molecule has 3 N–H and O–H groups in total. The number of aromatic carboxylic acids is 1. The van der Waals surface area contributed by atoms with Crippen LogP contribution >= 0.6 is 0 Å². The number of likely N-dealkylation sites (tertiary alicyclic amines) is 1. The second-order valence-corrected chi connectivity index (χ2v) is 8.07. The average Bonchev–Trinajstić information content (AvgIpc) is 3.08. The van der Waals surface area contributed by atoms with Gasteiger partial charge in [-0.1, -0.05) is 17.6 Å². The van der Waals surface area contributed by atoms with E-state index >= 15 is 0 Å². The summed E-state index contributed by atoms with van der Waals surface area (Å²) in [5, 5.41) is 36.9. The summed E-state index contributed by atoms with van der Waals surface area (Å²) in [7, 11) is 0. The zero-order chi connectivity index (χ0) is 23.0. The van der Waals surface area contributed by atoms with Gasteiger partial charge in [0.2, 0.25) is 5.91 Å². The molecule has 0 aliphatic carbocycles. The summed E-state index contributed by atoms with van der Waals surface area (Å²) < 4.78 is 12.3. The quantitative estimate of drug-likeness (QED) is 0.462. The van der Waals surface area contributed by atoms with Crippen molar-refractivity contribution in [3.05, 3.63) is 35.2 Å². The Kier molecular flexibility index (Phi) is 5.61. The van der Waals surface area contributed by atoms with Gasteiger partial charge >= 0.3 is 12.7 Å². The summed E-state index contributed by atoms with van der Waals surface area (Å²) in [6.07, 6.45) is 1.39. The fraction of sp³-hybridized carbons (Fsp3) is 0.421. The zero-order valence-corrected chi connectivity index (χ0v) is 17.3. The Morgan fingerprint density at radius 1 is 1.28 bits per heavy atom. The Labute approximate surface area is 182 Å². The minimum absolute atomic E-state index is 0.0194. The van der Waals surface area contributed by atoms with Crippen LogP contribution in [0.3, 0.4) is 0 Å². The molecule has 1 saturated heterocycles. The first-order valence-corrected chi connectivity index (χ1v) is 10.1. The van der Waals surface area contributed by atoms with E-state index in [1.54, 1.807) is 17.2 Å². The molecule has 0 spiro atoms. The molecule has 0 bridgehead atoms. The van der Waals surface area contributed by atoms with Gasteiger partial charge in [0.15, 0.2) is 5.78 Å². The van der Waals surface area contributed by atoms with Crippen molar-refractivity contribution in [2.75, 3.05) is 13.1 Å². The maximum atomic E-state index is 12.4. The Morgan fingerprint density at radius 3 is 2.72 bits per heavy atom. The summed E-state index contributed by atoms with van der Waals surface area (Å²) in [4.78, 5) is 36.9. The summed E-state index contributed by atoms with van der Waals surface area (Å²) in [5.74, 6) is -1.65. The number of aryl methyl sites for hydroxylation is 1. The molecule has 2 aromatic rings. The second kappa shape index (κ2) is 8.24. The Balaban J connectivity index is 1.38. The highest BCUT2D eigenvalue weighted by Gasteiger charge is 2.36. The van der Waals surface area contributed by atoms with Gasteiger partial charge in [-0.05, 0) is 25.0 Å². The molecule has 0 saturated carbocycles. The summed E-state index contributed by atoms with van der Waals surface area (Å²) >= 11 is 0. The van der Waals surface area contributed by atoms with E-state index in [-0.39, 0.29) is 67.5 Å². The van der Waals surface area contributed by atoms with Crippen molar-refractivity contribution in [2.24, 2.45) is 0 Å².